The van der Waals surface area contributed by atoms with Gasteiger partial charge in [-0.2, -0.15) is 5.10 Å². The number of rotatable bonds is 1. The molecule has 1 unspecified atom stereocenters. The summed E-state index contributed by atoms with van der Waals surface area (Å²) in [6, 6.07) is 15.1. The highest BCUT2D eigenvalue weighted by molar-refractivity contribution is 5.86. The van der Waals surface area contributed by atoms with Gasteiger partial charge in [-0.3, -0.25) is 0 Å². The molecular formula is C21H20N4. The van der Waals surface area contributed by atoms with Crippen molar-refractivity contribution in [2.75, 3.05) is 5.32 Å². The fourth-order valence-corrected chi connectivity index (χ4v) is 4.00. The summed E-state index contributed by atoms with van der Waals surface area (Å²) >= 11 is 0. The molecule has 0 saturated heterocycles. The van der Waals surface area contributed by atoms with Crippen molar-refractivity contribution >= 4 is 16.6 Å². The van der Waals surface area contributed by atoms with Crippen molar-refractivity contribution in [2.24, 2.45) is 0 Å². The molecule has 4 aromatic rings. The van der Waals surface area contributed by atoms with E-state index in [-0.39, 0.29) is 6.17 Å². The Morgan fingerprint density at radius 3 is 2.76 bits per heavy atom. The zero-order valence-electron chi connectivity index (χ0n) is 14.6. The summed E-state index contributed by atoms with van der Waals surface area (Å²) in [5, 5.41) is 9.76. The number of fused-ring (bicyclic) bond motifs is 4. The summed E-state index contributed by atoms with van der Waals surface area (Å²) in [7, 11) is 0. The van der Waals surface area contributed by atoms with E-state index in [9.17, 15) is 0 Å². The first-order valence-corrected chi connectivity index (χ1v) is 8.62. The number of aromatic nitrogens is 3. The maximum atomic E-state index is 4.79. The van der Waals surface area contributed by atoms with Crippen molar-refractivity contribution in [2.45, 2.75) is 26.9 Å². The van der Waals surface area contributed by atoms with Gasteiger partial charge in [0.05, 0.1) is 11.4 Å². The third-order valence-corrected chi connectivity index (χ3v) is 5.06. The molecule has 4 nitrogen and oxygen atoms in total. The van der Waals surface area contributed by atoms with Gasteiger partial charge in [0.2, 0.25) is 0 Å². The first-order valence-electron chi connectivity index (χ1n) is 8.62. The molecule has 0 spiro atoms. The predicted molar refractivity (Wildman–Crippen MR) is 102 cm³/mol. The number of hydrogen-bond donors (Lipinski definition) is 2. The second kappa shape index (κ2) is 4.99. The van der Waals surface area contributed by atoms with Gasteiger partial charge in [0.25, 0.3) is 0 Å². The minimum Gasteiger partial charge on any atom is -0.361 e. The van der Waals surface area contributed by atoms with E-state index in [0.29, 0.717) is 0 Å². The summed E-state index contributed by atoms with van der Waals surface area (Å²) in [6.07, 6.45) is 2.08. The van der Waals surface area contributed by atoms with Gasteiger partial charge in [-0.1, -0.05) is 29.8 Å². The molecule has 0 aliphatic carbocycles. The highest BCUT2D eigenvalue weighted by Gasteiger charge is 2.29. The van der Waals surface area contributed by atoms with Gasteiger partial charge in [0.1, 0.15) is 6.17 Å². The van der Waals surface area contributed by atoms with E-state index in [1.54, 1.807) is 0 Å². The molecule has 0 amide bonds. The fourth-order valence-electron chi connectivity index (χ4n) is 4.00. The lowest BCUT2D eigenvalue weighted by molar-refractivity contribution is 0.574. The smallest absolute Gasteiger partial charge is 0.149 e. The van der Waals surface area contributed by atoms with E-state index in [1.165, 1.54) is 39.0 Å². The molecule has 0 fully saturated rings. The maximum Gasteiger partial charge on any atom is 0.149 e. The molecule has 3 heterocycles. The number of benzene rings is 2. The van der Waals surface area contributed by atoms with Crippen molar-refractivity contribution in [3.63, 3.8) is 0 Å². The van der Waals surface area contributed by atoms with Crippen LogP contribution in [0.1, 0.15) is 28.6 Å². The normalized spacial score (nSPS) is 15.7. The highest BCUT2D eigenvalue weighted by Crippen LogP contribution is 2.42. The Labute approximate surface area is 146 Å². The number of para-hydroxylation sites is 1. The molecule has 25 heavy (non-hydrogen) atoms. The van der Waals surface area contributed by atoms with Gasteiger partial charge in [-0.25, -0.2) is 4.68 Å². The van der Waals surface area contributed by atoms with Gasteiger partial charge in [0, 0.05) is 33.9 Å². The van der Waals surface area contributed by atoms with Gasteiger partial charge in [-0.15, -0.1) is 0 Å². The zero-order chi connectivity index (χ0) is 17.1. The van der Waals surface area contributed by atoms with Crippen molar-refractivity contribution in [3.8, 4) is 11.3 Å². The van der Waals surface area contributed by atoms with Crippen LogP contribution in [0.3, 0.4) is 0 Å². The topological polar surface area (TPSA) is 45.6 Å². The molecule has 4 heteroatoms. The van der Waals surface area contributed by atoms with Crippen LogP contribution in [0.4, 0.5) is 5.69 Å². The van der Waals surface area contributed by atoms with E-state index in [0.717, 1.165) is 11.2 Å². The van der Waals surface area contributed by atoms with Gasteiger partial charge >= 0.3 is 0 Å². The molecule has 2 aromatic heterocycles. The van der Waals surface area contributed by atoms with E-state index in [2.05, 4.69) is 84.4 Å². The minimum absolute atomic E-state index is 0.0197. The molecule has 1 aliphatic rings. The summed E-state index contributed by atoms with van der Waals surface area (Å²) < 4.78 is 2.12. The van der Waals surface area contributed by atoms with Crippen LogP contribution in [0.5, 0.6) is 0 Å². The maximum absolute atomic E-state index is 4.79. The Bertz CT molecular complexity index is 1120. The van der Waals surface area contributed by atoms with Crippen LogP contribution in [0.2, 0.25) is 0 Å². The quantitative estimate of drug-likeness (QED) is 0.520. The molecule has 1 atom stereocenters. The minimum atomic E-state index is -0.0197. The first kappa shape index (κ1) is 14.3. The molecule has 124 valence electrons. The largest absolute Gasteiger partial charge is 0.361 e. The number of nitrogens with one attached hydrogen (secondary N) is 2. The van der Waals surface area contributed by atoms with Crippen LogP contribution < -0.4 is 5.32 Å². The van der Waals surface area contributed by atoms with E-state index in [1.807, 2.05) is 0 Å². The Morgan fingerprint density at radius 1 is 1.04 bits per heavy atom. The molecule has 1 aliphatic heterocycles. The van der Waals surface area contributed by atoms with Crippen LogP contribution in [0.15, 0.2) is 48.7 Å². The third kappa shape index (κ3) is 2.03. The van der Waals surface area contributed by atoms with E-state index in [4.69, 9.17) is 5.10 Å². The lowest BCUT2D eigenvalue weighted by Gasteiger charge is -2.30. The van der Waals surface area contributed by atoms with Crippen molar-refractivity contribution in [1.29, 1.82) is 0 Å². The Balaban J connectivity index is 1.77. The monoisotopic (exact) mass is 328 g/mol. The summed E-state index contributed by atoms with van der Waals surface area (Å²) in [5.74, 6) is 0. The second-order valence-corrected chi connectivity index (χ2v) is 6.96. The Kier molecular flexibility index (Phi) is 2.86. The summed E-state index contributed by atoms with van der Waals surface area (Å²) in [5.41, 5.74) is 9.55. The second-order valence-electron chi connectivity index (χ2n) is 6.96. The van der Waals surface area contributed by atoms with Crippen LogP contribution >= 0.6 is 0 Å². The standard InChI is InChI=1S/C21H20N4/c1-12-8-13(2)20-16(9-12)19-10-14(3)24-25(19)21(23-20)17-11-22-18-7-5-4-6-15(17)18/h4-11,21-23H,1-3H3. The molecule has 0 saturated carbocycles. The average molecular weight is 328 g/mol. The average Bonchev–Trinajstić information content (AvgIpc) is 3.18. The number of hydrogen-bond acceptors (Lipinski definition) is 2. The van der Waals surface area contributed by atoms with Crippen molar-refractivity contribution in [3.05, 3.63) is 71.0 Å². The number of nitrogens with zero attached hydrogens (tertiary/aromatic N) is 2. The van der Waals surface area contributed by atoms with E-state index >= 15 is 0 Å². The summed E-state index contributed by atoms with van der Waals surface area (Å²) in [4.78, 5) is 3.39. The number of aryl methyl sites for hydroxylation is 3. The van der Waals surface area contributed by atoms with Crippen molar-refractivity contribution < 1.29 is 0 Å². The van der Waals surface area contributed by atoms with Gasteiger partial charge in [0.15, 0.2) is 0 Å². The van der Waals surface area contributed by atoms with Crippen molar-refractivity contribution in [1.82, 2.24) is 14.8 Å². The third-order valence-electron chi connectivity index (χ3n) is 5.06. The molecule has 2 N–H and O–H groups in total. The van der Waals surface area contributed by atoms with Crippen LogP contribution in [0.25, 0.3) is 22.2 Å². The van der Waals surface area contributed by atoms with Gasteiger partial charge in [-0.05, 0) is 44.5 Å². The van der Waals surface area contributed by atoms with E-state index < -0.39 is 0 Å². The van der Waals surface area contributed by atoms with Crippen LogP contribution in [-0.4, -0.2) is 14.8 Å². The number of H-pyrrole nitrogens is 1. The lowest BCUT2D eigenvalue weighted by atomic mass is 9.98. The number of aromatic amines is 1. The summed E-state index contributed by atoms with van der Waals surface area (Å²) in [6.45, 7) is 6.37. The molecular weight excluding hydrogens is 308 g/mol. The predicted octanol–water partition coefficient (Wildman–Crippen LogP) is 4.93. The molecule has 0 bridgehead atoms. The Morgan fingerprint density at radius 2 is 1.88 bits per heavy atom. The zero-order valence-corrected chi connectivity index (χ0v) is 14.6. The molecule has 2 aromatic carbocycles. The SMILES string of the molecule is Cc1cc(C)c2c(c1)-c1cc(C)nn1C(c1c[nH]c3ccccc13)N2. The first-order chi connectivity index (χ1) is 12.1. The number of anilines is 1. The fraction of sp³-hybridized carbons (Fsp3) is 0.190. The van der Waals surface area contributed by atoms with Crippen LogP contribution in [0, 0.1) is 20.8 Å². The Hall–Kier alpha value is -3.01. The molecule has 5 rings (SSSR count). The van der Waals surface area contributed by atoms with Gasteiger partial charge < -0.3 is 10.3 Å². The molecule has 0 radical (unpaired) electrons. The van der Waals surface area contributed by atoms with Crippen LogP contribution in [-0.2, 0) is 0 Å². The highest BCUT2D eigenvalue weighted by atomic mass is 15.4. The lowest BCUT2D eigenvalue weighted by Crippen LogP contribution is -2.26.